The van der Waals surface area contributed by atoms with Gasteiger partial charge in [-0.05, 0) is 24.0 Å². The summed E-state index contributed by atoms with van der Waals surface area (Å²) in [7, 11) is 0. The number of aromatic nitrogens is 1. The number of nitrogens with zero attached hydrogens (tertiary/aromatic N) is 2. The molecule has 2 heterocycles. The number of carbonyl (C=O) groups excluding carboxylic acids is 2. The first kappa shape index (κ1) is 19.3. The van der Waals surface area contributed by atoms with Gasteiger partial charge in [0.05, 0.1) is 12.2 Å². The Labute approximate surface area is 174 Å². The average molecular weight is 406 g/mol. The molecule has 1 fully saturated rings. The van der Waals surface area contributed by atoms with Crippen molar-refractivity contribution in [3.63, 3.8) is 0 Å². The third kappa shape index (κ3) is 3.56. The predicted octanol–water partition coefficient (Wildman–Crippen LogP) is 4.90. The summed E-state index contributed by atoms with van der Waals surface area (Å²) < 4.78 is 0. The Balaban J connectivity index is 1.55. The first-order valence-electron chi connectivity index (χ1n) is 9.63. The standard InChI is InChI=1S/C23H23N3O2S/c1-15(2)16-9-11-18(12-10-16)23(3)21(27)26(22(28)25-23)13-19-14-29-20(24-19)17-7-5-4-6-8-17/h4-12,14-15H,13H2,1-3H3,(H,25,28)/t23-/m0/s1. The van der Waals surface area contributed by atoms with Gasteiger partial charge in [0.2, 0.25) is 0 Å². The molecule has 1 aliphatic heterocycles. The van der Waals surface area contributed by atoms with Crippen LogP contribution in [0.3, 0.4) is 0 Å². The number of rotatable bonds is 5. The smallest absolute Gasteiger partial charge is 0.319 e. The molecule has 0 spiro atoms. The van der Waals surface area contributed by atoms with E-state index in [1.54, 1.807) is 6.92 Å². The number of urea groups is 1. The average Bonchev–Trinajstić information content (AvgIpc) is 3.28. The zero-order valence-corrected chi connectivity index (χ0v) is 17.5. The molecule has 0 unspecified atom stereocenters. The van der Waals surface area contributed by atoms with E-state index in [0.29, 0.717) is 11.6 Å². The van der Waals surface area contributed by atoms with E-state index in [1.807, 2.05) is 60.0 Å². The molecule has 1 N–H and O–H groups in total. The van der Waals surface area contributed by atoms with Crippen LogP contribution in [0, 0.1) is 0 Å². The Morgan fingerprint density at radius 2 is 1.76 bits per heavy atom. The van der Waals surface area contributed by atoms with Crippen LogP contribution in [0.25, 0.3) is 10.6 Å². The molecule has 1 saturated heterocycles. The third-order valence-corrected chi connectivity index (χ3v) is 6.26. The van der Waals surface area contributed by atoms with E-state index < -0.39 is 5.54 Å². The van der Waals surface area contributed by atoms with Gasteiger partial charge in [-0.1, -0.05) is 68.4 Å². The molecule has 148 valence electrons. The van der Waals surface area contributed by atoms with Crippen LogP contribution < -0.4 is 5.32 Å². The van der Waals surface area contributed by atoms with Crippen molar-refractivity contribution >= 4 is 23.3 Å². The van der Waals surface area contributed by atoms with Crippen LogP contribution in [0.5, 0.6) is 0 Å². The van der Waals surface area contributed by atoms with E-state index in [2.05, 4.69) is 24.1 Å². The quantitative estimate of drug-likeness (QED) is 0.614. The number of hydrogen-bond acceptors (Lipinski definition) is 4. The van der Waals surface area contributed by atoms with Gasteiger partial charge in [0.1, 0.15) is 10.5 Å². The van der Waals surface area contributed by atoms with Crippen molar-refractivity contribution in [3.8, 4) is 10.6 Å². The van der Waals surface area contributed by atoms with Crippen molar-refractivity contribution in [2.75, 3.05) is 0 Å². The molecule has 1 atom stereocenters. The number of carbonyl (C=O) groups is 2. The van der Waals surface area contributed by atoms with Gasteiger partial charge in [-0.2, -0.15) is 0 Å². The van der Waals surface area contributed by atoms with Gasteiger partial charge in [-0.3, -0.25) is 9.69 Å². The summed E-state index contributed by atoms with van der Waals surface area (Å²) in [6.07, 6.45) is 0. The highest BCUT2D eigenvalue weighted by atomic mass is 32.1. The van der Waals surface area contributed by atoms with Crippen molar-refractivity contribution in [1.82, 2.24) is 15.2 Å². The lowest BCUT2D eigenvalue weighted by molar-refractivity contribution is -0.131. The summed E-state index contributed by atoms with van der Waals surface area (Å²) >= 11 is 1.51. The number of thiazole rings is 1. The minimum Gasteiger partial charge on any atom is -0.319 e. The molecule has 0 aliphatic carbocycles. The fraction of sp³-hybridized carbons (Fsp3) is 0.261. The first-order chi connectivity index (χ1) is 13.9. The molecule has 1 aromatic heterocycles. The number of amides is 3. The largest absolute Gasteiger partial charge is 0.325 e. The van der Waals surface area contributed by atoms with Gasteiger partial charge < -0.3 is 5.32 Å². The van der Waals surface area contributed by atoms with E-state index in [-0.39, 0.29) is 18.5 Å². The monoisotopic (exact) mass is 405 g/mol. The molecular formula is C23H23N3O2S. The topological polar surface area (TPSA) is 62.3 Å². The molecule has 0 radical (unpaired) electrons. The second-order valence-electron chi connectivity index (χ2n) is 7.73. The number of imide groups is 1. The number of hydrogen-bond donors (Lipinski definition) is 1. The second-order valence-corrected chi connectivity index (χ2v) is 8.59. The Kier molecular flexibility index (Phi) is 4.96. The van der Waals surface area contributed by atoms with E-state index in [4.69, 9.17) is 0 Å². The predicted molar refractivity (Wildman–Crippen MR) is 115 cm³/mol. The van der Waals surface area contributed by atoms with Crippen LogP contribution in [0.1, 0.15) is 43.5 Å². The van der Waals surface area contributed by atoms with Crippen LogP contribution in [-0.4, -0.2) is 21.8 Å². The van der Waals surface area contributed by atoms with Crippen molar-refractivity contribution in [3.05, 3.63) is 76.8 Å². The Morgan fingerprint density at radius 3 is 2.41 bits per heavy atom. The van der Waals surface area contributed by atoms with Crippen molar-refractivity contribution in [1.29, 1.82) is 0 Å². The van der Waals surface area contributed by atoms with Crippen LogP contribution in [-0.2, 0) is 16.9 Å². The molecule has 3 amide bonds. The lowest BCUT2D eigenvalue weighted by Crippen LogP contribution is -2.40. The van der Waals surface area contributed by atoms with E-state index in [1.165, 1.54) is 21.8 Å². The van der Waals surface area contributed by atoms with Crippen LogP contribution >= 0.6 is 11.3 Å². The van der Waals surface area contributed by atoms with E-state index in [9.17, 15) is 9.59 Å². The van der Waals surface area contributed by atoms with Gasteiger partial charge in [-0.25, -0.2) is 9.78 Å². The van der Waals surface area contributed by atoms with Crippen molar-refractivity contribution < 1.29 is 9.59 Å². The van der Waals surface area contributed by atoms with E-state index >= 15 is 0 Å². The van der Waals surface area contributed by atoms with Gasteiger partial charge in [-0.15, -0.1) is 11.3 Å². The lowest BCUT2D eigenvalue weighted by Gasteiger charge is -2.22. The fourth-order valence-corrected chi connectivity index (χ4v) is 4.31. The van der Waals surface area contributed by atoms with Crippen LogP contribution in [0.4, 0.5) is 4.79 Å². The van der Waals surface area contributed by atoms with Gasteiger partial charge in [0.25, 0.3) is 5.91 Å². The van der Waals surface area contributed by atoms with Gasteiger partial charge in [0.15, 0.2) is 0 Å². The molecule has 0 bridgehead atoms. The normalized spacial score (nSPS) is 19.1. The van der Waals surface area contributed by atoms with Crippen LogP contribution in [0.15, 0.2) is 60.0 Å². The molecule has 5 nitrogen and oxygen atoms in total. The molecule has 1 aliphatic rings. The molecule has 4 rings (SSSR count). The Hall–Kier alpha value is -2.99. The molecule has 6 heteroatoms. The lowest BCUT2D eigenvalue weighted by atomic mass is 9.90. The summed E-state index contributed by atoms with van der Waals surface area (Å²) in [5.41, 5.74) is 2.64. The Morgan fingerprint density at radius 1 is 1.07 bits per heavy atom. The molecule has 0 saturated carbocycles. The highest BCUT2D eigenvalue weighted by Crippen LogP contribution is 2.31. The Bertz CT molecular complexity index is 1040. The van der Waals surface area contributed by atoms with Gasteiger partial charge >= 0.3 is 6.03 Å². The van der Waals surface area contributed by atoms with Crippen LogP contribution in [0.2, 0.25) is 0 Å². The number of benzene rings is 2. The molecule has 3 aromatic rings. The zero-order valence-electron chi connectivity index (χ0n) is 16.7. The van der Waals surface area contributed by atoms with E-state index in [0.717, 1.165) is 16.1 Å². The SMILES string of the molecule is CC(C)c1ccc([C@]2(C)NC(=O)N(Cc3csc(-c4ccccc4)n3)C2=O)cc1. The highest BCUT2D eigenvalue weighted by Gasteiger charge is 2.49. The second kappa shape index (κ2) is 7.44. The van der Waals surface area contributed by atoms with Crippen molar-refractivity contribution in [2.24, 2.45) is 0 Å². The summed E-state index contributed by atoms with van der Waals surface area (Å²) in [6.45, 7) is 6.17. The summed E-state index contributed by atoms with van der Waals surface area (Å²) in [4.78, 5) is 31.6. The minimum absolute atomic E-state index is 0.160. The summed E-state index contributed by atoms with van der Waals surface area (Å²) in [5.74, 6) is 0.153. The molecule has 29 heavy (non-hydrogen) atoms. The van der Waals surface area contributed by atoms with Gasteiger partial charge in [0, 0.05) is 10.9 Å². The highest BCUT2D eigenvalue weighted by molar-refractivity contribution is 7.13. The molecule has 2 aromatic carbocycles. The fourth-order valence-electron chi connectivity index (χ4n) is 3.49. The maximum absolute atomic E-state index is 13.2. The maximum atomic E-state index is 13.2. The van der Waals surface area contributed by atoms with Crippen molar-refractivity contribution in [2.45, 2.75) is 38.8 Å². The minimum atomic E-state index is -1.06. The molecular weight excluding hydrogens is 382 g/mol. The summed E-state index contributed by atoms with van der Waals surface area (Å²) in [5, 5.41) is 5.64. The number of nitrogens with one attached hydrogen (secondary N) is 1. The summed E-state index contributed by atoms with van der Waals surface area (Å²) in [6, 6.07) is 17.4. The zero-order chi connectivity index (χ0) is 20.6. The third-order valence-electron chi connectivity index (χ3n) is 5.32. The first-order valence-corrected chi connectivity index (χ1v) is 10.5. The maximum Gasteiger partial charge on any atom is 0.325 e.